The smallest absolute Gasteiger partial charge is 0.289 e. The molecule has 126 valence electrons. The number of hydrogen-bond donors (Lipinski definition) is 1. The third kappa shape index (κ3) is 2.68. The lowest BCUT2D eigenvalue weighted by molar-refractivity contribution is 0.0283. The highest BCUT2D eigenvalue weighted by Crippen LogP contribution is 2.39. The second-order valence-electron chi connectivity index (χ2n) is 6.04. The highest BCUT2D eigenvalue weighted by Gasteiger charge is 2.27. The first-order valence-electron chi connectivity index (χ1n) is 8.22. The van der Waals surface area contributed by atoms with Crippen LogP contribution in [0.1, 0.15) is 16.1 Å². The van der Waals surface area contributed by atoms with Gasteiger partial charge in [-0.15, -0.1) is 0 Å². The van der Waals surface area contributed by atoms with Crippen molar-refractivity contribution < 1.29 is 18.7 Å². The number of para-hydroxylation sites is 1. The highest BCUT2D eigenvalue weighted by molar-refractivity contribution is 5.92. The number of carbonyl (C=O) groups is 1. The third-order valence-corrected chi connectivity index (χ3v) is 4.47. The molecule has 1 aromatic carbocycles. The van der Waals surface area contributed by atoms with Crippen LogP contribution in [0.4, 0.5) is 0 Å². The van der Waals surface area contributed by atoms with E-state index in [4.69, 9.17) is 19.6 Å². The van der Waals surface area contributed by atoms with Gasteiger partial charge in [0.25, 0.3) is 5.91 Å². The van der Waals surface area contributed by atoms with Crippen LogP contribution in [0.2, 0.25) is 0 Å². The van der Waals surface area contributed by atoms with Crippen molar-refractivity contribution in [3.63, 3.8) is 0 Å². The zero-order valence-electron chi connectivity index (χ0n) is 13.4. The fraction of sp³-hybridized carbons (Fsp3) is 0.389. The Labute approximate surface area is 140 Å². The minimum absolute atomic E-state index is 0.00515. The molecule has 0 bridgehead atoms. The van der Waals surface area contributed by atoms with Gasteiger partial charge >= 0.3 is 0 Å². The molecule has 24 heavy (non-hydrogen) atoms. The molecule has 1 atom stereocenters. The van der Waals surface area contributed by atoms with Gasteiger partial charge < -0.3 is 24.5 Å². The summed E-state index contributed by atoms with van der Waals surface area (Å²) < 4.78 is 17.0. The Hall–Kier alpha value is -2.31. The van der Waals surface area contributed by atoms with Crippen molar-refractivity contribution in [1.29, 1.82) is 0 Å². The monoisotopic (exact) mass is 328 g/mol. The lowest BCUT2D eigenvalue weighted by Gasteiger charge is -2.25. The van der Waals surface area contributed by atoms with Gasteiger partial charge in [0.15, 0.2) is 5.76 Å². The van der Waals surface area contributed by atoms with Gasteiger partial charge in [0, 0.05) is 26.1 Å². The maximum Gasteiger partial charge on any atom is 0.289 e. The van der Waals surface area contributed by atoms with Gasteiger partial charge in [-0.3, -0.25) is 4.79 Å². The summed E-state index contributed by atoms with van der Waals surface area (Å²) in [5, 5.41) is 0. The Morgan fingerprint density at radius 3 is 2.83 bits per heavy atom. The molecule has 1 fully saturated rings. The lowest BCUT2D eigenvalue weighted by Crippen LogP contribution is -2.40. The van der Waals surface area contributed by atoms with Crippen LogP contribution in [0.15, 0.2) is 34.7 Å². The summed E-state index contributed by atoms with van der Waals surface area (Å²) in [4.78, 5) is 14.3. The van der Waals surface area contributed by atoms with Crippen LogP contribution in [0.25, 0.3) is 11.3 Å². The van der Waals surface area contributed by atoms with E-state index in [1.165, 1.54) is 0 Å². The van der Waals surface area contributed by atoms with Gasteiger partial charge in [-0.1, -0.05) is 12.1 Å². The molecule has 0 saturated carbocycles. The molecule has 1 unspecified atom stereocenters. The lowest BCUT2D eigenvalue weighted by atomic mass is 10.1. The van der Waals surface area contributed by atoms with Crippen molar-refractivity contribution in [1.82, 2.24) is 4.90 Å². The minimum Gasteiger partial charge on any atom is -0.488 e. The van der Waals surface area contributed by atoms with Gasteiger partial charge in [0.05, 0.1) is 18.8 Å². The van der Waals surface area contributed by atoms with Crippen molar-refractivity contribution in [3.8, 4) is 17.1 Å². The average Bonchev–Trinajstić information content (AvgIpc) is 3.28. The van der Waals surface area contributed by atoms with Crippen LogP contribution in [0.5, 0.6) is 5.75 Å². The average molecular weight is 328 g/mol. The topological polar surface area (TPSA) is 77.9 Å². The maximum absolute atomic E-state index is 12.5. The van der Waals surface area contributed by atoms with Crippen molar-refractivity contribution in [2.24, 2.45) is 5.73 Å². The molecule has 0 aliphatic carbocycles. The molecule has 1 aromatic heterocycles. The van der Waals surface area contributed by atoms with Crippen molar-refractivity contribution in [2.75, 3.05) is 32.8 Å². The molecular weight excluding hydrogens is 308 g/mol. The number of rotatable bonds is 3. The van der Waals surface area contributed by atoms with Crippen LogP contribution in [-0.2, 0) is 11.2 Å². The predicted molar refractivity (Wildman–Crippen MR) is 88.0 cm³/mol. The first-order valence-corrected chi connectivity index (χ1v) is 8.22. The van der Waals surface area contributed by atoms with Crippen LogP contribution < -0.4 is 10.5 Å². The highest BCUT2D eigenvalue weighted by atomic mass is 16.5. The van der Waals surface area contributed by atoms with Crippen LogP contribution >= 0.6 is 0 Å². The van der Waals surface area contributed by atoms with E-state index in [1.54, 1.807) is 11.0 Å². The molecule has 1 amide bonds. The second kappa shape index (κ2) is 6.30. The predicted octanol–water partition coefficient (Wildman–Crippen LogP) is 1.68. The first kappa shape index (κ1) is 15.2. The van der Waals surface area contributed by atoms with Gasteiger partial charge in [-0.05, 0) is 23.8 Å². The Balaban J connectivity index is 1.60. The Morgan fingerprint density at radius 2 is 2.04 bits per heavy atom. The standard InChI is InChI=1S/C18H20N2O4/c19-11-13-10-12-2-1-3-14(17(12)23-13)15-4-5-16(24-15)18(21)20-6-8-22-9-7-20/h1-5,13H,6-11,19H2. The van der Waals surface area contributed by atoms with Crippen molar-refractivity contribution >= 4 is 5.91 Å². The van der Waals surface area contributed by atoms with Crippen LogP contribution in [-0.4, -0.2) is 49.8 Å². The molecule has 0 spiro atoms. The summed E-state index contributed by atoms with van der Waals surface area (Å²) in [6.07, 6.45) is 0.811. The molecule has 4 rings (SSSR count). The summed E-state index contributed by atoms with van der Waals surface area (Å²) in [7, 11) is 0. The number of furan rings is 1. The van der Waals surface area contributed by atoms with Crippen LogP contribution in [0, 0.1) is 0 Å². The van der Waals surface area contributed by atoms with Gasteiger partial charge in [-0.2, -0.15) is 0 Å². The number of morpholine rings is 1. The molecule has 2 aliphatic rings. The third-order valence-electron chi connectivity index (χ3n) is 4.47. The van der Waals surface area contributed by atoms with E-state index in [0.29, 0.717) is 44.4 Å². The van der Waals surface area contributed by atoms with E-state index in [2.05, 4.69) is 0 Å². The molecule has 1 saturated heterocycles. The SMILES string of the molecule is NCC1Cc2cccc(-c3ccc(C(=O)N4CCOCC4)o3)c2O1. The number of hydrogen-bond acceptors (Lipinski definition) is 5. The molecule has 2 N–H and O–H groups in total. The molecule has 2 aliphatic heterocycles. The van der Waals surface area contributed by atoms with E-state index in [0.717, 1.165) is 23.3 Å². The van der Waals surface area contributed by atoms with Crippen molar-refractivity contribution in [2.45, 2.75) is 12.5 Å². The van der Waals surface area contributed by atoms with Gasteiger partial charge in [0.2, 0.25) is 0 Å². The van der Waals surface area contributed by atoms with Crippen LogP contribution in [0.3, 0.4) is 0 Å². The number of ether oxygens (including phenoxy) is 2. The fourth-order valence-corrected chi connectivity index (χ4v) is 3.18. The largest absolute Gasteiger partial charge is 0.488 e. The maximum atomic E-state index is 12.5. The molecule has 0 radical (unpaired) electrons. The molecule has 3 heterocycles. The van der Waals surface area contributed by atoms with Crippen molar-refractivity contribution in [3.05, 3.63) is 41.7 Å². The summed E-state index contributed by atoms with van der Waals surface area (Å²) in [6, 6.07) is 9.50. The normalized spacial score (nSPS) is 19.9. The Bertz CT molecular complexity index is 749. The molecule has 6 nitrogen and oxygen atoms in total. The minimum atomic E-state index is -0.0992. The summed E-state index contributed by atoms with van der Waals surface area (Å²) in [5.41, 5.74) is 7.71. The van der Waals surface area contributed by atoms with E-state index in [9.17, 15) is 4.79 Å². The Kier molecular flexibility index (Phi) is 4.00. The number of amides is 1. The molecular formula is C18H20N2O4. The van der Waals surface area contributed by atoms with Gasteiger partial charge in [0.1, 0.15) is 17.6 Å². The number of benzene rings is 1. The number of nitrogens with two attached hydrogens (primary N) is 1. The zero-order chi connectivity index (χ0) is 16.5. The van der Waals surface area contributed by atoms with Gasteiger partial charge in [-0.25, -0.2) is 0 Å². The summed E-state index contributed by atoms with van der Waals surface area (Å²) >= 11 is 0. The van der Waals surface area contributed by atoms with E-state index in [1.807, 2.05) is 24.3 Å². The zero-order valence-corrected chi connectivity index (χ0v) is 13.4. The summed E-state index contributed by atoms with van der Waals surface area (Å²) in [6.45, 7) is 2.81. The summed E-state index contributed by atoms with van der Waals surface area (Å²) in [5.74, 6) is 1.70. The first-order chi connectivity index (χ1) is 11.8. The number of nitrogens with zero attached hydrogens (tertiary/aromatic N) is 1. The molecule has 6 heteroatoms. The molecule has 2 aromatic rings. The Morgan fingerprint density at radius 1 is 1.21 bits per heavy atom. The second-order valence-corrected chi connectivity index (χ2v) is 6.04. The van der Waals surface area contributed by atoms with E-state index >= 15 is 0 Å². The number of fused-ring (bicyclic) bond motifs is 1. The van der Waals surface area contributed by atoms with E-state index in [-0.39, 0.29) is 12.0 Å². The quantitative estimate of drug-likeness (QED) is 0.927. The number of carbonyl (C=O) groups excluding carboxylic acids is 1. The van der Waals surface area contributed by atoms with E-state index < -0.39 is 0 Å². The fourth-order valence-electron chi connectivity index (χ4n) is 3.18.